The van der Waals surface area contributed by atoms with E-state index in [1.54, 1.807) is 42.9 Å². The van der Waals surface area contributed by atoms with Crippen molar-refractivity contribution in [2.24, 2.45) is 0 Å². The van der Waals surface area contributed by atoms with Crippen LogP contribution >= 0.6 is 60.7 Å². The van der Waals surface area contributed by atoms with Gasteiger partial charge in [0.25, 0.3) is 0 Å². The van der Waals surface area contributed by atoms with Crippen LogP contribution < -0.4 is 37.2 Å². The zero-order valence-corrected chi connectivity index (χ0v) is 22.0. The number of hydrogen-bond donors (Lipinski definition) is 0. The number of quaternary nitrogens is 1. The summed E-state index contributed by atoms with van der Waals surface area (Å²) in [7, 11) is 15.8. The van der Waals surface area contributed by atoms with Gasteiger partial charge in [0.15, 0.2) is 0 Å². The normalized spacial score (nSPS) is 7.32. The number of rotatable bonds is 2. The number of hydrogen-bond acceptors (Lipinski definition) is 0. The quantitative estimate of drug-likeness (QED) is 0.175. The summed E-state index contributed by atoms with van der Waals surface area (Å²) in [6.07, 6.45) is 0. The van der Waals surface area contributed by atoms with Gasteiger partial charge in [-0.05, 0) is 17.8 Å². The molecule has 0 aliphatic carbocycles. The molecule has 19 heavy (non-hydrogen) atoms. The molecule has 0 N–H and O–H groups in total. The molecule has 112 valence electrons. The second kappa shape index (κ2) is 25.7. The number of benzene rings is 1. The zero-order valence-electron chi connectivity index (χ0n) is 10.9. The fourth-order valence-electron chi connectivity index (χ4n) is 1.13. The van der Waals surface area contributed by atoms with Crippen molar-refractivity contribution in [3.05, 3.63) is 35.9 Å². The maximum Gasteiger partial charge on any atom is 2.00 e. The van der Waals surface area contributed by atoms with Crippen molar-refractivity contribution >= 4 is 60.7 Å². The predicted molar refractivity (Wildman–Crippen MR) is 87.9 cm³/mol. The van der Waals surface area contributed by atoms with E-state index < -0.39 is 0 Å². The van der Waals surface area contributed by atoms with Gasteiger partial charge in [-0.25, -0.2) is 0 Å². The van der Waals surface area contributed by atoms with Crippen molar-refractivity contribution in [2.45, 2.75) is 6.54 Å². The topological polar surface area (TPSA) is 0 Å². The Morgan fingerprint density at radius 1 is 0.842 bits per heavy atom. The molecule has 1 rings (SSSR count). The minimum Gasteiger partial charge on any atom is -1.00 e. The second-order valence-corrected chi connectivity index (χ2v) is 3.93. The third-order valence-corrected chi connectivity index (χ3v) is 1.50. The molecule has 1 nitrogen and oxygen atoms in total. The van der Waals surface area contributed by atoms with Gasteiger partial charge in [-0.15, -0.1) is 0 Å². The van der Waals surface area contributed by atoms with Crippen LogP contribution in [-0.4, -0.2) is 25.6 Å². The predicted octanol–water partition coefficient (Wildman–Crippen LogP) is -3.95. The summed E-state index contributed by atoms with van der Waals surface area (Å²) in [6, 6.07) is 10.6. The Balaban J connectivity index is -0.0000000485. The minimum absolute atomic E-state index is 0. The first-order valence-electron chi connectivity index (χ1n) is 4.21. The monoisotopic (exact) mass is 643 g/mol. The molecule has 0 heterocycles. The first kappa shape index (κ1) is 37.7. The molecule has 9 heteroatoms. The van der Waals surface area contributed by atoms with Crippen LogP contribution in [-0.2, 0) is 26.0 Å². The molecular formula is C10H16Cl5I2NZn. The van der Waals surface area contributed by atoms with E-state index in [9.17, 15) is 0 Å². The summed E-state index contributed by atoms with van der Waals surface area (Å²) >= 11 is 3.24. The molecule has 1 aromatic rings. The molecule has 0 aliphatic rings. The third kappa shape index (κ3) is 29.4. The summed E-state index contributed by atoms with van der Waals surface area (Å²) in [4.78, 5) is 0. The first-order valence-corrected chi connectivity index (χ1v) is 9.67. The maximum absolute atomic E-state index is 4.61. The first-order chi connectivity index (χ1) is 7.08. The van der Waals surface area contributed by atoms with Crippen LogP contribution in [0.5, 0.6) is 0 Å². The van der Waals surface area contributed by atoms with Gasteiger partial charge >= 0.3 is 19.5 Å². The molecule has 0 radical (unpaired) electrons. The zero-order chi connectivity index (χ0) is 12.3. The Morgan fingerprint density at radius 3 is 1.42 bits per heavy atom. The Morgan fingerprint density at radius 2 is 1.16 bits per heavy atom. The van der Waals surface area contributed by atoms with Crippen molar-refractivity contribution in [1.29, 1.82) is 0 Å². The van der Waals surface area contributed by atoms with Crippen molar-refractivity contribution in [1.82, 2.24) is 0 Å². The average molecular weight is 647 g/mol. The number of halogens is 7. The third-order valence-electron chi connectivity index (χ3n) is 1.50. The van der Waals surface area contributed by atoms with E-state index in [1.165, 1.54) is 5.56 Å². The second-order valence-electron chi connectivity index (χ2n) is 3.93. The molecule has 0 unspecified atom stereocenters. The van der Waals surface area contributed by atoms with Crippen molar-refractivity contribution < 1.29 is 61.2 Å². The van der Waals surface area contributed by atoms with Crippen LogP contribution in [0.2, 0.25) is 0 Å². The van der Waals surface area contributed by atoms with Gasteiger partial charge < -0.3 is 41.7 Å². The van der Waals surface area contributed by atoms with Crippen molar-refractivity contribution in [2.75, 3.05) is 21.1 Å². The fraction of sp³-hybridized carbons (Fsp3) is 0.400. The van der Waals surface area contributed by atoms with E-state index in [0.29, 0.717) is 0 Å². The maximum atomic E-state index is 4.61. The van der Waals surface area contributed by atoms with Gasteiger partial charge in [0.2, 0.25) is 0 Å². The minimum atomic E-state index is 0. The van der Waals surface area contributed by atoms with Crippen LogP contribution in [0.3, 0.4) is 0 Å². The smallest absolute Gasteiger partial charge is 1.00 e. The van der Waals surface area contributed by atoms with Crippen LogP contribution in [0.25, 0.3) is 0 Å². The molecule has 0 spiro atoms. The van der Waals surface area contributed by atoms with E-state index >= 15 is 0 Å². The van der Waals surface area contributed by atoms with Gasteiger partial charge in [0.1, 0.15) is 6.54 Å². The molecule has 0 saturated heterocycles. The molecular weight excluding hydrogens is 631 g/mol. The Hall–Kier alpha value is 2.71. The molecule has 0 bridgehead atoms. The average Bonchev–Trinajstić information content (AvgIpc) is 2.23. The molecule has 0 aliphatic heterocycles. The van der Waals surface area contributed by atoms with Gasteiger partial charge in [-0.2, -0.15) is 0 Å². The van der Waals surface area contributed by atoms with E-state index in [2.05, 4.69) is 69.3 Å². The van der Waals surface area contributed by atoms with Gasteiger partial charge in [0, 0.05) is 48.5 Å². The van der Waals surface area contributed by atoms with Gasteiger partial charge in [-0.3, -0.25) is 0 Å². The van der Waals surface area contributed by atoms with E-state index in [1.807, 2.05) is 0 Å². The Bertz CT molecular complexity index is 237. The summed E-state index contributed by atoms with van der Waals surface area (Å²) in [5.41, 5.74) is 1.40. The van der Waals surface area contributed by atoms with Crippen LogP contribution in [0.4, 0.5) is 0 Å². The van der Waals surface area contributed by atoms with Crippen molar-refractivity contribution in [3.8, 4) is 0 Å². The Labute approximate surface area is 183 Å². The van der Waals surface area contributed by atoms with E-state index in [0.717, 1.165) is 11.0 Å². The summed E-state index contributed by atoms with van der Waals surface area (Å²) in [5, 5.41) is 0. The Kier molecular flexibility index (Phi) is 50.9. The summed E-state index contributed by atoms with van der Waals surface area (Å²) < 4.78 is 0.990. The largest absolute Gasteiger partial charge is 2.00 e. The summed E-state index contributed by atoms with van der Waals surface area (Å²) in [6.45, 7) is 1.10. The summed E-state index contributed by atoms with van der Waals surface area (Å²) in [5.74, 6) is 0. The van der Waals surface area contributed by atoms with Crippen LogP contribution in [0.1, 0.15) is 5.56 Å². The van der Waals surface area contributed by atoms with Crippen LogP contribution in [0, 0.1) is 0 Å². The van der Waals surface area contributed by atoms with Gasteiger partial charge in [-0.1, -0.05) is 30.3 Å². The molecule has 0 aromatic heterocycles. The fourth-order valence-corrected chi connectivity index (χ4v) is 1.13. The van der Waals surface area contributed by atoms with E-state index in [-0.39, 0.29) is 56.7 Å². The standard InChI is InChI=1S/C10H16N.2ClI.3ClH.Zn/c1-11(2,3)9-10-7-5-4-6-8-10;2*1-2;;;;/h4-8H,9H2,1-3H3;;;3*1H;/q+1;;;;;;+2/p-3. The SMILES string of the molecule is C[N+](C)(C)Cc1ccccc1.ClI.ClI.[Cl-].[Cl-].[Cl-].[Zn+2]. The molecule has 0 atom stereocenters. The molecule has 1 aromatic carbocycles. The van der Waals surface area contributed by atoms with Crippen LogP contribution in [0.15, 0.2) is 30.3 Å². The molecule has 0 amide bonds. The van der Waals surface area contributed by atoms with Gasteiger partial charge in [0.05, 0.1) is 21.1 Å². The number of nitrogens with zero attached hydrogens (tertiary/aromatic N) is 1. The van der Waals surface area contributed by atoms with Crippen molar-refractivity contribution in [3.63, 3.8) is 0 Å². The molecule has 0 fully saturated rings. The molecule has 0 saturated carbocycles. The van der Waals surface area contributed by atoms with E-state index in [4.69, 9.17) is 0 Å².